The number of sulfone groups is 1. The molecule has 0 aromatic carbocycles. The van der Waals surface area contributed by atoms with E-state index in [9.17, 15) is 8.42 Å². The number of nitrogens with two attached hydrogens (primary N) is 1. The summed E-state index contributed by atoms with van der Waals surface area (Å²) in [7, 11) is -2.97. The Kier molecular flexibility index (Phi) is 3.59. The summed E-state index contributed by atoms with van der Waals surface area (Å²) in [5.41, 5.74) is 5.93. The van der Waals surface area contributed by atoms with Crippen LogP contribution in [-0.2, 0) is 9.84 Å². The molecule has 16 heavy (non-hydrogen) atoms. The molecule has 0 bridgehead atoms. The lowest BCUT2D eigenvalue weighted by atomic mass is 9.91. The van der Waals surface area contributed by atoms with Gasteiger partial charge in [0.1, 0.15) is 0 Å². The standard InChI is InChI=1S/C12H23NO2S/c1-9-4-2-5-10(8-9)16(14,15)12-7-3-6-11(12)13/h9-12H,2-8,13H2,1H3. The molecule has 0 spiro atoms. The first-order valence-corrected chi connectivity index (χ1v) is 8.11. The van der Waals surface area contributed by atoms with E-state index in [2.05, 4.69) is 6.92 Å². The van der Waals surface area contributed by atoms with Crippen molar-refractivity contribution in [3.63, 3.8) is 0 Å². The fourth-order valence-electron chi connectivity index (χ4n) is 3.29. The van der Waals surface area contributed by atoms with Crippen molar-refractivity contribution in [2.45, 2.75) is 68.4 Å². The van der Waals surface area contributed by atoms with Crippen LogP contribution in [0.1, 0.15) is 51.9 Å². The molecule has 2 aliphatic carbocycles. The van der Waals surface area contributed by atoms with Gasteiger partial charge in [-0.05, 0) is 31.6 Å². The van der Waals surface area contributed by atoms with E-state index in [-0.39, 0.29) is 16.5 Å². The van der Waals surface area contributed by atoms with Crippen LogP contribution in [0, 0.1) is 5.92 Å². The zero-order valence-corrected chi connectivity index (χ0v) is 10.9. The molecule has 4 unspecified atom stereocenters. The van der Waals surface area contributed by atoms with Crippen LogP contribution >= 0.6 is 0 Å². The molecule has 0 saturated heterocycles. The molecule has 0 aromatic heterocycles. The normalized spacial score (nSPS) is 41.1. The number of hydrogen-bond acceptors (Lipinski definition) is 3. The summed E-state index contributed by atoms with van der Waals surface area (Å²) in [6, 6.07) is -0.109. The zero-order valence-electron chi connectivity index (χ0n) is 10.1. The largest absolute Gasteiger partial charge is 0.327 e. The number of rotatable bonds is 2. The molecule has 3 nitrogen and oxygen atoms in total. The molecule has 0 amide bonds. The smallest absolute Gasteiger partial charge is 0.157 e. The van der Waals surface area contributed by atoms with Crippen molar-refractivity contribution in [3.8, 4) is 0 Å². The van der Waals surface area contributed by atoms with Crippen molar-refractivity contribution in [2.24, 2.45) is 11.7 Å². The summed E-state index contributed by atoms with van der Waals surface area (Å²) in [5.74, 6) is 0.561. The molecule has 2 saturated carbocycles. The first-order valence-electron chi connectivity index (χ1n) is 6.50. The summed E-state index contributed by atoms with van der Waals surface area (Å²) in [6.45, 7) is 2.16. The van der Waals surface area contributed by atoms with E-state index in [1.807, 2.05) is 0 Å². The van der Waals surface area contributed by atoms with Crippen LogP contribution in [-0.4, -0.2) is 25.0 Å². The molecular weight excluding hydrogens is 222 g/mol. The summed E-state index contributed by atoms with van der Waals surface area (Å²) in [4.78, 5) is 0. The molecule has 0 heterocycles. The van der Waals surface area contributed by atoms with E-state index in [1.54, 1.807) is 0 Å². The highest BCUT2D eigenvalue weighted by atomic mass is 32.2. The highest BCUT2D eigenvalue weighted by molar-refractivity contribution is 7.92. The Labute approximate surface area is 98.7 Å². The third-order valence-electron chi connectivity index (χ3n) is 4.28. The molecule has 4 heteroatoms. The van der Waals surface area contributed by atoms with Crippen LogP contribution in [0.4, 0.5) is 0 Å². The fraction of sp³-hybridized carbons (Fsp3) is 1.00. The van der Waals surface area contributed by atoms with Crippen LogP contribution < -0.4 is 5.73 Å². The van der Waals surface area contributed by atoms with Gasteiger partial charge in [-0.25, -0.2) is 8.42 Å². The predicted octanol–water partition coefficient (Wildman–Crippen LogP) is 1.86. The molecule has 0 aromatic rings. The minimum absolute atomic E-state index is 0.106. The topological polar surface area (TPSA) is 60.2 Å². The van der Waals surface area contributed by atoms with E-state index in [0.717, 1.165) is 38.5 Å². The van der Waals surface area contributed by atoms with E-state index >= 15 is 0 Å². The zero-order chi connectivity index (χ0) is 11.8. The Bertz CT molecular complexity index is 339. The fourth-order valence-corrected chi connectivity index (χ4v) is 5.99. The van der Waals surface area contributed by atoms with Gasteiger partial charge in [0.25, 0.3) is 0 Å². The van der Waals surface area contributed by atoms with Crippen LogP contribution in [0.5, 0.6) is 0 Å². The Balaban J connectivity index is 2.11. The predicted molar refractivity (Wildman–Crippen MR) is 66.0 cm³/mol. The molecule has 2 fully saturated rings. The van der Waals surface area contributed by atoms with Gasteiger partial charge in [-0.2, -0.15) is 0 Å². The first-order chi connectivity index (χ1) is 7.51. The van der Waals surface area contributed by atoms with Gasteiger partial charge in [0.2, 0.25) is 0 Å². The van der Waals surface area contributed by atoms with Gasteiger partial charge in [-0.3, -0.25) is 0 Å². The van der Waals surface area contributed by atoms with Crippen LogP contribution in [0.2, 0.25) is 0 Å². The van der Waals surface area contributed by atoms with E-state index in [0.29, 0.717) is 5.92 Å². The molecule has 0 radical (unpaired) electrons. The van der Waals surface area contributed by atoms with E-state index in [4.69, 9.17) is 5.73 Å². The second-order valence-electron chi connectivity index (χ2n) is 5.62. The minimum atomic E-state index is -2.97. The van der Waals surface area contributed by atoms with Gasteiger partial charge in [-0.1, -0.05) is 26.2 Å². The van der Waals surface area contributed by atoms with Crippen LogP contribution in [0.25, 0.3) is 0 Å². The molecule has 94 valence electrons. The van der Waals surface area contributed by atoms with E-state index < -0.39 is 9.84 Å². The van der Waals surface area contributed by atoms with Crippen molar-refractivity contribution in [1.82, 2.24) is 0 Å². The van der Waals surface area contributed by atoms with Gasteiger partial charge < -0.3 is 5.73 Å². The first kappa shape index (κ1) is 12.4. The second-order valence-corrected chi connectivity index (χ2v) is 8.07. The molecule has 2 rings (SSSR count). The Morgan fingerprint density at radius 3 is 2.31 bits per heavy atom. The lowest BCUT2D eigenvalue weighted by molar-refractivity contribution is 0.379. The Hall–Kier alpha value is -0.0900. The quantitative estimate of drug-likeness (QED) is 0.808. The summed E-state index contributed by atoms with van der Waals surface area (Å²) in [6.07, 6.45) is 6.60. The van der Waals surface area contributed by atoms with Crippen molar-refractivity contribution in [2.75, 3.05) is 0 Å². The monoisotopic (exact) mass is 245 g/mol. The average molecular weight is 245 g/mol. The Morgan fingerprint density at radius 2 is 1.75 bits per heavy atom. The molecule has 0 aliphatic heterocycles. The Morgan fingerprint density at radius 1 is 1.06 bits per heavy atom. The molecule has 2 N–H and O–H groups in total. The highest BCUT2D eigenvalue weighted by Crippen LogP contribution is 2.34. The second kappa shape index (κ2) is 4.65. The van der Waals surface area contributed by atoms with Crippen LogP contribution in [0.3, 0.4) is 0 Å². The lowest BCUT2D eigenvalue weighted by Gasteiger charge is -2.30. The summed E-state index contributed by atoms with van der Waals surface area (Å²) < 4.78 is 24.9. The maximum absolute atomic E-state index is 12.5. The van der Waals surface area contributed by atoms with E-state index in [1.165, 1.54) is 6.42 Å². The maximum Gasteiger partial charge on any atom is 0.157 e. The average Bonchev–Trinajstić information content (AvgIpc) is 2.65. The lowest BCUT2D eigenvalue weighted by Crippen LogP contribution is -2.42. The van der Waals surface area contributed by atoms with Gasteiger partial charge in [0.15, 0.2) is 9.84 Å². The highest BCUT2D eigenvalue weighted by Gasteiger charge is 2.41. The SMILES string of the molecule is CC1CCCC(S(=O)(=O)C2CCCC2N)C1. The van der Waals surface area contributed by atoms with Gasteiger partial charge >= 0.3 is 0 Å². The third kappa shape index (κ3) is 2.28. The number of hydrogen-bond donors (Lipinski definition) is 1. The van der Waals surface area contributed by atoms with Crippen LogP contribution in [0.15, 0.2) is 0 Å². The van der Waals surface area contributed by atoms with Crippen molar-refractivity contribution in [1.29, 1.82) is 0 Å². The summed E-state index contributed by atoms with van der Waals surface area (Å²) >= 11 is 0. The molecule has 2 aliphatic rings. The van der Waals surface area contributed by atoms with Gasteiger partial charge in [0, 0.05) is 6.04 Å². The van der Waals surface area contributed by atoms with Crippen molar-refractivity contribution >= 4 is 9.84 Å². The van der Waals surface area contributed by atoms with Crippen molar-refractivity contribution in [3.05, 3.63) is 0 Å². The minimum Gasteiger partial charge on any atom is -0.327 e. The molecule has 4 atom stereocenters. The van der Waals surface area contributed by atoms with Gasteiger partial charge in [0.05, 0.1) is 10.5 Å². The maximum atomic E-state index is 12.5. The summed E-state index contributed by atoms with van der Waals surface area (Å²) in [5, 5.41) is -0.354. The third-order valence-corrected chi connectivity index (χ3v) is 7.07. The molecular formula is C12H23NO2S. The van der Waals surface area contributed by atoms with Crippen molar-refractivity contribution < 1.29 is 8.42 Å². The van der Waals surface area contributed by atoms with Gasteiger partial charge in [-0.15, -0.1) is 0 Å².